The second-order valence-corrected chi connectivity index (χ2v) is 8.00. The lowest BCUT2D eigenvalue weighted by atomic mass is 10.1. The van der Waals surface area contributed by atoms with Crippen LogP contribution in [0.1, 0.15) is 26.7 Å². The van der Waals surface area contributed by atoms with Gasteiger partial charge in [0.2, 0.25) is 5.88 Å². The molecule has 1 aromatic heterocycles. The molecule has 3 heterocycles. The molecule has 4 N–H and O–H groups in total. The Bertz CT molecular complexity index is 911. The molecule has 11 nitrogen and oxygen atoms in total. The first-order valence-electron chi connectivity index (χ1n) is 9.71. The highest BCUT2D eigenvalue weighted by Gasteiger charge is 2.45. The number of carbonyl (C=O) groups is 2. The van der Waals surface area contributed by atoms with Crippen molar-refractivity contribution in [3.05, 3.63) is 41.9 Å². The third-order valence-corrected chi connectivity index (χ3v) is 5.08. The molecule has 160 valence electrons. The molecule has 1 atom stereocenters. The first kappa shape index (κ1) is 20.1. The Morgan fingerprint density at radius 3 is 2.80 bits per heavy atom. The molecule has 1 aromatic rings. The normalized spacial score (nSPS) is 21.5. The van der Waals surface area contributed by atoms with Crippen LogP contribution in [0.3, 0.4) is 0 Å². The number of anilines is 1. The van der Waals surface area contributed by atoms with Crippen molar-refractivity contribution in [1.29, 1.82) is 0 Å². The molecule has 0 bridgehead atoms. The molecular formula is C19H25N7O4. The fraction of sp³-hybridized carbons (Fsp3) is 0.474. The molecule has 1 saturated carbocycles. The Hall–Kier alpha value is -3.18. The number of fused-ring (bicyclic) bond motifs is 1. The zero-order valence-corrected chi connectivity index (χ0v) is 17.0. The van der Waals surface area contributed by atoms with Gasteiger partial charge < -0.3 is 20.5 Å². The summed E-state index contributed by atoms with van der Waals surface area (Å²) in [6, 6.07) is 0.0454. The number of nitrogens with zero attached hydrogens (tertiary/aromatic N) is 4. The van der Waals surface area contributed by atoms with E-state index in [1.807, 2.05) is 13.8 Å². The highest BCUT2D eigenvalue weighted by Crippen LogP contribution is 2.32. The van der Waals surface area contributed by atoms with E-state index in [1.165, 1.54) is 9.91 Å². The Morgan fingerprint density at radius 2 is 2.17 bits per heavy atom. The Kier molecular flexibility index (Phi) is 5.08. The zero-order valence-electron chi connectivity index (χ0n) is 17.0. The third kappa shape index (κ3) is 3.94. The molecule has 4 rings (SSSR count). The van der Waals surface area contributed by atoms with Gasteiger partial charge in [-0.2, -0.15) is 5.43 Å². The maximum atomic E-state index is 13.2. The average Bonchev–Trinajstić information content (AvgIpc) is 3.42. The second kappa shape index (κ2) is 7.58. The zero-order chi connectivity index (χ0) is 21.5. The van der Waals surface area contributed by atoms with Crippen LogP contribution in [0.25, 0.3) is 0 Å². The number of carbonyl (C=O) groups excluding carboxylic acids is 2. The molecular weight excluding hydrogens is 390 g/mol. The highest BCUT2D eigenvalue weighted by molar-refractivity contribution is 6.19. The summed E-state index contributed by atoms with van der Waals surface area (Å²) >= 11 is 0. The smallest absolute Gasteiger partial charge is 0.270 e. The Balaban J connectivity index is 1.66. The van der Waals surface area contributed by atoms with Crippen molar-refractivity contribution in [2.75, 3.05) is 19.0 Å². The van der Waals surface area contributed by atoms with Crippen molar-refractivity contribution in [2.24, 2.45) is 0 Å². The van der Waals surface area contributed by atoms with Crippen molar-refractivity contribution in [3.8, 4) is 0 Å². The van der Waals surface area contributed by atoms with Gasteiger partial charge in [0.1, 0.15) is 17.8 Å². The molecule has 2 aliphatic heterocycles. The van der Waals surface area contributed by atoms with Crippen LogP contribution in [-0.2, 0) is 14.3 Å². The van der Waals surface area contributed by atoms with Crippen LogP contribution in [0.2, 0.25) is 0 Å². The largest absolute Gasteiger partial charge is 0.493 e. The van der Waals surface area contributed by atoms with E-state index in [1.54, 1.807) is 31.8 Å². The predicted octanol–water partition coefficient (Wildman–Crippen LogP) is 0.192. The molecule has 30 heavy (non-hydrogen) atoms. The van der Waals surface area contributed by atoms with E-state index in [4.69, 9.17) is 4.74 Å². The lowest BCUT2D eigenvalue weighted by Gasteiger charge is -2.39. The molecule has 1 fully saturated rings. The fourth-order valence-electron chi connectivity index (χ4n) is 3.18. The number of ether oxygens (including phenoxy) is 1. The summed E-state index contributed by atoms with van der Waals surface area (Å²) in [6.45, 7) is 3.85. The molecule has 3 aliphatic rings. The summed E-state index contributed by atoms with van der Waals surface area (Å²) in [5.41, 5.74) is 2.05. The van der Waals surface area contributed by atoms with Gasteiger partial charge in [-0.3, -0.25) is 19.5 Å². The quantitative estimate of drug-likeness (QED) is 0.461. The third-order valence-electron chi connectivity index (χ3n) is 5.08. The van der Waals surface area contributed by atoms with Crippen LogP contribution in [0.5, 0.6) is 0 Å². The van der Waals surface area contributed by atoms with Crippen LogP contribution in [0, 0.1) is 0 Å². The first-order chi connectivity index (χ1) is 14.3. The Labute approximate surface area is 173 Å². The maximum absolute atomic E-state index is 13.2. The number of amides is 2. The number of aliphatic hydroxyl groups is 1. The molecule has 0 spiro atoms. The average molecular weight is 415 g/mol. The van der Waals surface area contributed by atoms with Gasteiger partial charge in [-0.25, -0.2) is 9.99 Å². The van der Waals surface area contributed by atoms with E-state index < -0.39 is 29.5 Å². The lowest BCUT2D eigenvalue weighted by Crippen LogP contribution is -2.54. The van der Waals surface area contributed by atoms with Crippen molar-refractivity contribution in [1.82, 2.24) is 30.6 Å². The van der Waals surface area contributed by atoms with Crippen LogP contribution in [-0.4, -0.2) is 68.3 Å². The molecule has 1 unspecified atom stereocenters. The van der Waals surface area contributed by atoms with Gasteiger partial charge in [-0.15, -0.1) is 0 Å². The number of aromatic nitrogens is 2. The van der Waals surface area contributed by atoms with Crippen LogP contribution in [0.15, 0.2) is 41.9 Å². The summed E-state index contributed by atoms with van der Waals surface area (Å²) in [5, 5.41) is 18.0. The number of rotatable bonds is 7. The minimum absolute atomic E-state index is 0.0454. The molecule has 1 aliphatic carbocycles. The van der Waals surface area contributed by atoms with E-state index in [2.05, 4.69) is 26.0 Å². The number of methoxy groups -OCH3 is 1. The minimum atomic E-state index is -0.677. The van der Waals surface area contributed by atoms with E-state index in [0.29, 0.717) is 11.6 Å². The molecule has 0 radical (unpaired) electrons. The SMILES string of the molecule is COC(C)(C)CN1C(=O)C(C(=O)NC2CC2)=C(O)N2NC(Nc3cnccn3)C=C12. The maximum Gasteiger partial charge on any atom is 0.270 e. The molecule has 2 amide bonds. The summed E-state index contributed by atoms with van der Waals surface area (Å²) in [4.78, 5) is 35.5. The van der Waals surface area contributed by atoms with Crippen LogP contribution < -0.4 is 16.1 Å². The second-order valence-electron chi connectivity index (χ2n) is 8.00. The van der Waals surface area contributed by atoms with Gasteiger partial charge in [-0.1, -0.05) is 0 Å². The van der Waals surface area contributed by atoms with E-state index in [0.717, 1.165) is 12.8 Å². The van der Waals surface area contributed by atoms with E-state index in [9.17, 15) is 14.7 Å². The minimum Gasteiger partial charge on any atom is -0.493 e. The van der Waals surface area contributed by atoms with Gasteiger partial charge in [0.25, 0.3) is 11.8 Å². The van der Waals surface area contributed by atoms with Gasteiger partial charge in [-0.05, 0) is 32.8 Å². The number of aliphatic hydroxyl groups excluding tert-OH is 1. The van der Waals surface area contributed by atoms with E-state index >= 15 is 0 Å². The van der Waals surface area contributed by atoms with Crippen molar-refractivity contribution in [3.63, 3.8) is 0 Å². The predicted molar refractivity (Wildman–Crippen MR) is 106 cm³/mol. The van der Waals surface area contributed by atoms with Crippen molar-refractivity contribution in [2.45, 2.75) is 44.5 Å². The van der Waals surface area contributed by atoms with Crippen molar-refractivity contribution >= 4 is 17.6 Å². The van der Waals surface area contributed by atoms with Crippen molar-refractivity contribution < 1.29 is 19.4 Å². The first-order valence-corrected chi connectivity index (χ1v) is 9.71. The van der Waals surface area contributed by atoms with Gasteiger partial charge in [0, 0.05) is 25.5 Å². The number of nitrogens with one attached hydrogen (secondary N) is 3. The van der Waals surface area contributed by atoms with Crippen LogP contribution in [0.4, 0.5) is 5.82 Å². The summed E-state index contributed by atoms with van der Waals surface area (Å²) < 4.78 is 5.48. The standard InChI is InChI=1S/C19H25N7O4/c1-19(2,30-3)10-25-14-8-12(23-13-9-20-6-7-21-13)24-26(14)18(29)15(17(25)28)16(27)22-11-4-5-11/h6-9,11-12,24,29H,4-5,10H2,1-3H3,(H,21,23)(H,22,27). The van der Waals surface area contributed by atoms with Gasteiger partial charge >= 0.3 is 0 Å². The van der Waals surface area contributed by atoms with E-state index in [-0.39, 0.29) is 18.2 Å². The molecule has 11 heteroatoms. The number of hydrazine groups is 1. The lowest BCUT2D eigenvalue weighted by molar-refractivity contribution is -0.135. The fourth-order valence-corrected chi connectivity index (χ4v) is 3.18. The molecule has 0 aromatic carbocycles. The van der Waals surface area contributed by atoms with Crippen LogP contribution >= 0.6 is 0 Å². The number of hydrogen-bond donors (Lipinski definition) is 4. The monoisotopic (exact) mass is 415 g/mol. The summed E-state index contributed by atoms with van der Waals surface area (Å²) in [5.74, 6) is -0.713. The topological polar surface area (TPSA) is 132 Å². The van der Waals surface area contributed by atoms with Gasteiger partial charge in [0.15, 0.2) is 5.57 Å². The summed E-state index contributed by atoms with van der Waals surface area (Å²) in [6.07, 6.45) is 7.62. The van der Waals surface area contributed by atoms with Gasteiger partial charge in [0.05, 0.1) is 18.3 Å². The molecule has 0 saturated heterocycles. The Morgan fingerprint density at radius 1 is 1.40 bits per heavy atom. The highest BCUT2D eigenvalue weighted by atomic mass is 16.5. The summed E-state index contributed by atoms with van der Waals surface area (Å²) in [7, 11) is 1.56. The number of hydrogen-bond acceptors (Lipinski definition) is 9.